The minimum atomic E-state index is -1.11. The molecule has 0 saturated carbocycles. The third-order valence-electron chi connectivity index (χ3n) is 2.35. The molecule has 2 rings (SSSR count). The van der Waals surface area contributed by atoms with E-state index < -0.39 is 5.97 Å². The number of aromatic carboxylic acids is 1. The lowest BCUT2D eigenvalue weighted by atomic mass is 10.1. The second-order valence-corrected chi connectivity index (χ2v) is 4.33. The van der Waals surface area contributed by atoms with Crippen LogP contribution in [0.5, 0.6) is 11.5 Å². The highest BCUT2D eigenvalue weighted by molar-refractivity contribution is 9.10. The monoisotopic (exact) mass is 312 g/mol. The van der Waals surface area contributed by atoms with E-state index >= 15 is 0 Å². The Bertz CT molecular complexity index is 609. The molecule has 0 atom stereocenters. The van der Waals surface area contributed by atoms with E-state index in [1.54, 1.807) is 6.07 Å². The van der Waals surface area contributed by atoms with Gasteiger partial charge < -0.3 is 14.9 Å². The fraction of sp³-hybridized carbons (Fsp3) is 0.0909. The number of aromatic amines is 1. The number of phenolic OH excluding ortho intramolecular Hbond substituents is 1. The van der Waals surface area contributed by atoms with Gasteiger partial charge in [0.15, 0.2) is 0 Å². The number of carbonyl (C=O) groups is 1. The van der Waals surface area contributed by atoms with Gasteiger partial charge in [0.1, 0.15) is 17.2 Å². The van der Waals surface area contributed by atoms with E-state index in [-0.39, 0.29) is 11.4 Å². The zero-order chi connectivity index (χ0) is 13.3. The van der Waals surface area contributed by atoms with Crippen LogP contribution in [0.2, 0.25) is 0 Å². The van der Waals surface area contributed by atoms with Gasteiger partial charge in [0.25, 0.3) is 0 Å². The first-order chi connectivity index (χ1) is 8.52. The van der Waals surface area contributed by atoms with Crippen molar-refractivity contribution in [1.29, 1.82) is 0 Å². The summed E-state index contributed by atoms with van der Waals surface area (Å²) in [6.07, 6.45) is 0. The Labute approximate surface area is 110 Å². The molecule has 1 aromatic heterocycles. The second kappa shape index (κ2) is 4.69. The molecule has 2 aromatic rings. The van der Waals surface area contributed by atoms with Gasteiger partial charge in [-0.25, -0.2) is 4.79 Å². The molecule has 0 bridgehead atoms. The molecule has 0 aliphatic heterocycles. The highest BCUT2D eigenvalue weighted by Crippen LogP contribution is 2.37. The van der Waals surface area contributed by atoms with Crippen molar-refractivity contribution in [3.63, 3.8) is 0 Å². The fourth-order valence-electron chi connectivity index (χ4n) is 1.47. The molecule has 1 aromatic carbocycles. The highest BCUT2D eigenvalue weighted by atomic mass is 79.9. The predicted molar refractivity (Wildman–Crippen MR) is 66.9 cm³/mol. The second-order valence-electron chi connectivity index (χ2n) is 3.48. The topological polar surface area (TPSA) is 95.4 Å². The van der Waals surface area contributed by atoms with Gasteiger partial charge in [-0.3, -0.25) is 5.10 Å². The molecule has 0 aliphatic carbocycles. The highest BCUT2D eigenvalue weighted by Gasteiger charge is 2.14. The zero-order valence-electron chi connectivity index (χ0n) is 9.27. The number of H-pyrrole nitrogens is 1. The third-order valence-corrected chi connectivity index (χ3v) is 2.97. The van der Waals surface area contributed by atoms with Gasteiger partial charge in [-0.05, 0) is 28.1 Å². The average molecular weight is 313 g/mol. The Balaban J connectivity index is 2.50. The molecule has 0 spiro atoms. The summed E-state index contributed by atoms with van der Waals surface area (Å²) in [5.74, 6) is -0.676. The summed E-state index contributed by atoms with van der Waals surface area (Å²) in [5, 5.41) is 24.8. The number of methoxy groups -OCH3 is 1. The number of hydrogen-bond acceptors (Lipinski definition) is 4. The number of carboxylic acid groups (broad SMARTS) is 1. The number of benzene rings is 1. The first kappa shape index (κ1) is 12.4. The van der Waals surface area contributed by atoms with E-state index in [0.29, 0.717) is 21.5 Å². The Hall–Kier alpha value is -2.02. The molecule has 1 heterocycles. The van der Waals surface area contributed by atoms with Crippen LogP contribution >= 0.6 is 15.9 Å². The molecular weight excluding hydrogens is 304 g/mol. The molecule has 0 unspecified atom stereocenters. The Morgan fingerprint density at radius 2 is 2.17 bits per heavy atom. The Morgan fingerprint density at radius 1 is 1.44 bits per heavy atom. The number of rotatable bonds is 3. The quantitative estimate of drug-likeness (QED) is 0.808. The molecule has 0 radical (unpaired) electrons. The summed E-state index contributed by atoms with van der Waals surface area (Å²) in [6, 6.07) is 4.38. The number of hydrogen-bond donors (Lipinski definition) is 3. The molecule has 6 nitrogen and oxygen atoms in total. The number of nitrogens with zero attached hydrogens (tertiary/aromatic N) is 1. The summed E-state index contributed by atoms with van der Waals surface area (Å²) in [4.78, 5) is 10.7. The maximum absolute atomic E-state index is 10.7. The summed E-state index contributed by atoms with van der Waals surface area (Å²) in [5.41, 5.74) is 0.705. The maximum atomic E-state index is 10.7. The van der Waals surface area contributed by atoms with Crippen molar-refractivity contribution in [3.05, 3.63) is 28.4 Å². The van der Waals surface area contributed by atoms with Crippen LogP contribution in [0.4, 0.5) is 0 Å². The van der Waals surface area contributed by atoms with Crippen LogP contribution in [0.1, 0.15) is 10.5 Å². The summed E-state index contributed by atoms with van der Waals surface area (Å²) in [7, 11) is 1.48. The van der Waals surface area contributed by atoms with Crippen LogP contribution in [0, 0.1) is 0 Å². The van der Waals surface area contributed by atoms with Crippen LogP contribution in [0.3, 0.4) is 0 Å². The van der Waals surface area contributed by atoms with Crippen LogP contribution in [0.15, 0.2) is 22.7 Å². The zero-order valence-corrected chi connectivity index (χ0v) is 10.9. The van der Waals surface area contributed by atoms with Gasteiger partial charge in [-0.15, -0.1) is 0 Å². The van der Waals surface area contributed by atoms with E-state index in [9.17, 15) is 9.90 Å². The van der Waals surface area contributed by atoms with Crippen LogP contribution < -0.4 is 4.74 Å². The lowest BCUT2D eigenvalue weighted by Crippen LogP contribution is -1.95. The molecule has 7 heteroatoms. The van der Waals surface area contributed by atoms with Crippen LogP contribution in [-0.2, 0) is 0 Å². The fourth-order valence-corrected chi connectivity index (χ4v) is 1.98. The lowest BCUT2D eigenvalue weighted by Gasteiger charge is -2.07. The van der Waals surface area contributed by atoms with E-state index in [1.165, 1.54) is 19.2 Å². The van der Waals surface area contributed by atoms with E-state index in [0.717, 1.165) is 0 Å². The molecule has 0 aliphatic rings. The van der Waals surface area contributed by atoms with Gasteiger partial charge in [-0.1, -0.05) is 0 Å². The summed E-state index contributed by atoms with van der Waals surface area (Å²) < 4.78 is 5.67. The Morgan fingerprint density at radius 3 is 2.72 bits per heavy atom. The van der Waals surface area contributed by atoms with Crippen LogP contribution in [0.25, 0.3) is 11.3 Å². The van der Waals surface area contributed by atoms with E-state index in [4.69, 9.17) is 9.84 Å². The van der Waals surface area contributed by atoms with Crippen molar-refractivity contribution in [3.8, 4) is 22.8 Å². The van der Waals surface area contributed by atoms with Gasteiger partial charge in [0, 0.05) is 11.6 Å². The SMILES string of the molecule is COc1cc(O)c(-c2cc(C(=O)O)[nH]n2)cc1Br. The average Bonchev–Trinajstić information content (AvgIpc) is 2.81. The molecule has 0 amide bonds. The van der Waals surface area contributed by atoms with Gasteiger partial charge >= 0.3 is 5.97 Å². The number of ether oxygens (including phenoxy) is 1. The smallest absolute Gasteiger partial charge is 0.353 e. The number of aromatic nitrogens is 2. The van der Waals surface area contributed by atoms with E-state index in [2.05, 4.69) is 26.1 Å². The largest absolute Gasteiger partial charge is 0.507 e. The minimum absolute atomic E-state index is 0.0431. The molecule has 3 N–H and O–H groups in total. The number of halogens is 1. The van der Waals surface area contributed by atoms with Gasteiger partial charge in [0.2, 0.25) is 0 Å². The molecular formula is C11H9BrN2O4. The van der Waals surface area contributed by atoms with Crippen molar-refractivity contribution in [1.82, 2.24) is 10.2 Å². The first-order valence-electron chi connectivity index (χ1n) is 4.88. The number of aromatic hydroxyl groups is 1. The number of carboxylic acids is 1. The minimum Gasteiger partial charge on any atom is -0.507 e. The van der Waals surface area contributed by atoms with Crippen molar-refractivity contribution >= 4 is 21.9 Å². The van der Waals surface area contributed by atoms with Crippen molar-refractivity contribution < 1.29 is 19.7 Å². The Kier molecular flexibility index (Phi) is 3.24. The first-order valence-corrected chi connectivity index (χ1v) is 5.67. The van der Waals surface area contributed by atoms with Crippen molar-refractivity contribution in [2.45, 2.75) is 0 Å². The molecule has 18 heavy (non-hydrogen) atoms. The number of phenols is 1. The summed E-state index contributed by atoms with van der Waals surface area (Å²) >= 11 is 3.28. The molecule has 0 saturated heterocycles. The van der Waals surface area contributed by atoms with Gasteiger partial charge in [-0.2, -0.15) is 5.10 Å². The van der Waals surface area contributed by atoms with Crippen LogP contribution in [-0.4, -0.2) is 33.5 Å². The lowest BCUT2D eigenvalue weighted by molar-refractivity contribution is 0.0690. The summed E-state index contributed by atoms with van der Waals surface area (Å²) in [6.45, 7) is 0. The third kappa shape index (κ3) is 2.17. The van der Waals surface area contributed by atoms with Crippen molar-refractivity contribution in [2.75, 3.05) is 7.11 Å². The predicted octanol–water partition coefficient (Wildman–Crippen LogP) is 2.25. The van der Waals surface area contributed by atoms with Gasteiger partial charge in [0.05, 0.1) is 17.3 Å². The van der Waals surface area contributed by atoms with Crippen molar-refractivity contribution in [2.24, 2.45) is 0 Å². The number of nitrogens with one attached hydrogen (secondary N) is 1. The molecule has 0 fully saturated rings. The standard InChI is InChI=1S/C11H9BrN2O4/c1-18-10-4-9(15)5(2-6(10)12)7-3-8(11(16)17)14-13-7/h2-4,15H,1H3,(H,13,14)(H,16,17). The molecule has 94 valence electrons. The normalized spacial score (nSPS) is 10.3. The van der Waals surface area contributed by atoms with E-state index in [1.807, 2.05) is 0 Å². The maximum Gasteiger partial charge on any atom is 0.353 e.